The Hall–Kier alpha value is -3.80. The molecule has 0 N–H and O–H groups in total. The summed E-state index contributed by atoms with van der Waals surface area (Å²) in [5, 5.41) is 0. The van der Waals surface area contributed by atoms with E-state index in [1.54, 1.807) is 14.2 Å². The van der Waals surface area contributed by atoms with Gasteiger partial charge in [-0.25, -0.2) is 0 Å². The maximum absolute atomic E-state index is 14.0. The molecule has 2 heterocycles. The van der Waals surface area contributed by atoms with Gasteiger partial charge in [-0.05, 0) is 54.3 Å². The van der Waals surface area contributed by atoms with Gasteiger partial charge in [-0.15, -0.1) is 0 Å². The second-order valence-corrected chi connectivity index (χ2v) is 9.62. The van der Waals surface area contributed by atoms with E-state index < -0.39 is 0 Å². The number of aryl methyl sites for hydroxylation is 1. The minimum Gasteiger partial charge on any atom is -0.497 e. The van der Waals surface area contributed by atoms with E-state index in [0.717, 1.165) is 17.5 Å². The molecule has 6 heteroatoms. The molecule has 1 saturated heterocycles. The van der Waals surface area contributed by atoms with Crippen LogP contribution >= 0.6 is 0 Å². The normalized spacial score (nSPS) is 19.1. The molecule has 0 saturated carbocycles. The minimum absolute atomic E-state index is 0.0424. The molecule has 0 aliphatic carbocycles. The van der Waals surface area contributed by atoms with Gasteiger partial charge in [-0.2, -0.15) is 0 Å². The molecular formula is C30H32N2O4. The highest BCUT2D eigenvalue weighted by molar-refractivity contribution is 5.96. The number of hydrogen-bond acceptors (Lipinski definition) is 4. The van der Waals surface area contributed by atoms with Crippen LogP contribution in [0.15, 0.2) is 66.7 Å². The molecule has 3 aromatic rings. The lowest BCUT2D eigenvalue weighted by Gasteiger charge is -2.32. The molecule has 6 nitrogen and oxygen atoms in total. The monoisotopic (exact) mass is 484 g/mol. The number of methoxy groups -OCH3 is 2. The summed E-state index contributed by atoms with van der Waals surface area (Å²) in [5.41, 5.74) is 5.00. The number of hydrogen-bond donors (Lipinski definition) is 0. The van der Waals surface area contributed by atoms with E-state index in [1.165, 1.54) is 11.1 Å². The van der Waals surface area contributed by atoms with Crippen molar-refractivity contribution in [2.75, 3.05) is 33.9 Å². The zero-order valence-corrected chi connectivity index (χ0v) is 21.1. The Kier molecular flexibility index (Phi) is 6.68. The molecule has 1 fully saturated rings. The fourth-order valence-electron chi connectivity index (χ4n) is 5.57. The van der Waals surface area contributed by atoms with Crippen LogP contribution in [0.3, 0.4) is 0 Å². The Labute approximate surface area is 212 Å². The molecule has 0 aromatic heterocycles. The Morgan fingerprint density at radius 1 is 0.861 bits per heavy atom. The van der Waals surface area contributed by atoms with Gasteiger partial charge in [-0.3, -0.25) is 9.59 Å². The van der Waals surface area contributed by atoms with Crippen molar-refractivity contribution in [3.63, 3.8) is 0 Å². The van der Waals surface area contributed by atoms with Gasteiger partial charge in [0.1, 0.15) is 11.5 Å². The average Bonchev–Trinajstić information content (AvgIpc) is 3.37. The molecule has 5 rings (SSSR count). The molecule has 0 radical (unpaired) electrons. The summed E-state index contributed by atoms with van der Waals surface area (Å²) < 4.78 is 11.2. The Balaban J connectivity index is 1.49. The number of ether oxygens (including phenoxy) is 2. The van der Waals surface area contributed by atoms with E-state index in [4.69, 9.17) is 9.47 Å². The number of rotatable bonds is 5. The van der Waals surface area contributed by atoms with Crippen molar-refractivity contribution in [1.82, 2.24) is 9.80 Å². The molecule has 0 spiro atoms. The van der Waals surface area contributed by atoms with Crippen LogP contribution in [0, 0.1) is 12.8 Å². The summed E-state index contributed by atoms with van der Waals surface area (Å²) in [7, 11) is 3.26. The van der Waals surface area contributed by atoms with Crippen molar-refractivity contribution in [2.24, 2.45) is 5.92 Å². The number of benzene rings is 3. The first-order valence-corrected chi connectivity index (χ1v) is 12.4. The first-order chi connectivity index (χ1) is 17.5. The van der Waals surface area contributed by atoms with Gasteiger partial charge in [0, 0.05) is 43.2 Å². The first kappa shape index (κ1) is 23.9. The zero-order valence-electron chi connectivity index (χ0n) is 21.1. The van der Waals surface area contributed by atoms with Crippen molar-refractivity contribution in [2.45, 2.75) is 25.8 Å². The third-order valence-corrected chi connectivity index (χ3v) is 7.58. The average molecular weight is 485 g/mol. The standard InChI is InChI=1S/C30H32N2O4/c1-20-8-4-7-11-24(20)29(33)32-18-26(25-16-23(35-2)12-13-28(25)36-3)27(19-32)30(34)31-15-14-21-9-5-6-10-22(21)17-31/h4-13,16,26-27H,14-15,17-19H2,1-3H3. The van der Waals surface area contributed by atoms with Crippen LogP contribution in [0.25, 0.3) is 0 Å². The zero-order chi connectivity index (χ0) is 25.2. The molecule has 2 aliphatic heterocycles. The smallest absolute Gasteiger partial charge is 0.254 e. The lowest BCUT2D eigenvalue weighted by molar-refractivity contribution is -0.136. The molecule has 2 unspecified atom stereocenters. The van der Waals surface area contributed by atoms with E-state index in [9.17, 15) is 9.59 Å². The number of carbonyl (C=O) groups is 2. The highest BCUT2D eigenvalue weighted by Gasteiger charge is 2.44. The van der Waals surface area contributed by atoms with Crippen LogP contribution in [0.2, 0.25) is 0 Å². The highest BCUT2D eigenvalue weighted by atomic mass is 16.5. The summed E-state index contributed by atoms with van der Waals surface area (Å²) in [6.07, 6.45) is 0.841. The molecule has 2 aliphatic rings. The molecular weight excluding hydrogens is 452 g/mol. The lowest BCUT2D eigenvalue weighted by Crippen LogP contribution is -2.42. The fraction of sp³-hybridized carbons (Fsp3) is 0.333. The lowest BCUT2D eigenvalue weighted by atomic mass is 9.86. The van der Waals surface area contributed by atoms with Crippen LogP contribution in [-0.4, -0.2) is 55.5 Å². The molecule has 0 bridgehead atoms. The molecule has 2 amide bonds. The van der Waals surface area contributed by atoms with E-state index >= 15 is 0 Å². The number of carbonyl (C=O) groups excluding carboxylic acids is 2. The largest absolute Gasteiger partial charge is 0.497 e. The van der Waals surface area contributed by atoms with E-state index in [2.05, 4.69) is 12.1 Å². The van der Waals surface area contributed by atoms with Crippen LogP contribution in [0.1, 0.15) is 38.5 Å². The maximum Gasteiger partial charge on any atom is 0.254 e. The number of likely N-dealkylation sites (tertiary alicyclic amines) is 1. The number of nitrogens with zero attached hydrogens (tertiary/aromatic N) is 2. The second kappa shape index (κ2) is 10.1. The van der Waals surface area contributed by atoms with Gasteiger partial charge in [0.05, 0.1) is 20.1 Å². The van der Waals surface area contributed by atoms with Crippen LogP contribution in [0.4, 0.5) is 0 Å². The predicted octanol–water partition coefficient (Wildman–Crippen LogP) is 4.45. The van der Waals surface area contributed by atoms with Gasteiger partial charge in [0.2, 0.25) is 5.91 Å². The molecule has 2 atom stereocenters. The van der Waals surface area contributed by atoms with Gasteiger partial charge in [-0.1, -0.05) is 42.5 Å². The number of amides is 2. The molecule has 3 aromatic carbocycles. The highest BCUT2D eigenvalue weighted by Crippen LogP contribution is 2.41. The van der Waals surface area contributed by atoms with Crippen molar-refractivity contribution in [1.29, 1.82) is 0 Å². The van der Waals surface area contributed by atoms with E-state index in [-0.39, 0.29) is 23.7 Å². The third-order valence-electron chi connectivity index (χ3n) is 7.58. The maximum atomic E-state index is 14.0. The second-order valence-electron chi connectivity index (χ2n) is 9.62. The summed E-state index contributed by atoms with van der Waals surface area (Å²) in [5.74, 6) is 0.871. The van der Waals surface area contributed by atoms with Crippen molar-refractivity contribution < 1.29 is 19.1 Å². The summed E-state index contributed by atoms with van der Waals surface area (Å²) in [6.45, 7) is 4.03. The molecule has 186 valence electrons. The predicted molar refractivity (Wildman–Crippen MR) is 138 cm³/mol. The summed E-state index contributed by atoms with van der Waals surface area (Å²) in [6, 6.07) is 21.6. The number of fused-ring (bicyclic) bond motifs is 1. The van der Waals surface area contributed by atoms with Gasteiger partial charge in [0.15, 0.2) is 0 Å². The Bertz CT molecular complexity index is 1290. The summed E-state index contributed by atoms with van der Waals surface area (Å²) in [4.78, 5) is 31.4. The Morgan fingerprint density at radius 3 is 2.36 bits per heavy atom. The van der Waals surface area contributed by atoms with E-state index in [1.807, 2.05) is 71.3 Å². The minimum atomic E-state index is -0.371. The fourth-order valence-corrected chi connectivity index (χ4v) is 5.57. The van der Waals surface area contributed by atoms with Crippen molar-refractivity contribution >= 4 is 11.8 Å². The molecule has 36 heavy (non-hydrogen) atoms. The van der Waals surface area contributed by atoms with E-state index in [0.29, 0.717) is 43.2 Å². The van der Waals surface area contributed by atoms with Gasteiger partial charge < -0.3 is 19.3 Å². The van der Waals surface area contributed by atoms with Crippen molar-refractivity contribution in [3.05, 3.63) is 94.5 Å². The van der Waals surface area contributed by atoms with Gasteiger partial charge in [0.25, 0.3) is 5.91 Å². The van der Waals surface area contributed by atoms with Crippen LogP contribution in [0.5, 0.6) is 11.5 Å². The Morgan fingerprint density at radius 2 is 1.61 bits per heavy atom. The SMILES string of the molecule is COc1ccc(OC)c(C2CN(C(=O)c3ccccc3C)CC2C(=O)N2CCc3ccccc3C2)c1. The van der Waals surface area contributed by atoms with Gasteiger partial charge >= 0.3 is 0 Å². The van der Waals surface area contributed by atoms with Crippen LogP contribution in [-0.2, 0) is 17.8 Å². The van der Waals surface area contributed by atoms with Crippen molar-refractivity contribution in [3.8, 4) is 11.5 Å². The quantitative estimate of drug-likeness (QED) is 0.537. The summed E-state index contributed by atoms with van der Waals surface area (Å²) >= 11 is 0. The first-order valence-electron chi connectivity index (χ1n) is 12.4. The third kappa shape index (κ3) is 4.43. The topological polar surface area (TPSA) is 59.1 Å². The van der Waals surface area contributed by atoms with Crippen LogP contribution < -0.4 is 9.47 Å².